The van der Waals surface area contributed by atoms with E-state index in [-0.39, 0.29) is 6.61 Å². The van der Waals surface area contributed by atoms with Crippen molar-refractivity contribution in [2.45, 2.75) is 0 Å². The summed E-state index contributed by atoms with van der Waals surface area (Å²) < 4.78 is 11.4. The maximum absolute atomic E-state index is 11.8. The standard InChI is InChI=1S/C17H14BrN3O3/c1-23-15-7-6-14(18)8-13(15)10-20-21-17(22)11-24-16-5-3-2-4-12(16)9-19/h2-8,10H,11H2,1H3,(H,21,22)/b20-10+. The van der Waals surface area contributed by atoms with Gasteiger partial charge in [0.05, 0.1) is 18.9 Å². The average molecular weight is 388 g/mol. The van der Waals surface area contributed by atoms with Crippen LogP contribution in [-0.2, 0) is 4.79 Å². The van der Waals surface area contributed by atoms with Gasteiger partial charge >= 0.3 is 0 Å². The Hall–Kier alpha value is -2.85. The van der Waals surface area contributed by atoms with Crippen LogP contribution in [0.3, 0.4) is 0 Å². The van der Waals surface area contributed by atoms with E-state index in [1.54, 1.807) is 37.4 Å². The Bertz CT molecular complexity index is 800. The van der Waals surface area contributed by atoms with Gasteiger partial charge in [-0.2, -0.15) is 10.4 Å². The molecule has 6 nitrogen and oxygen atoms in total. The lowest BCUT2D eigenvalue weighted by Gasteiger charge is -2.06. The highest BCUT2D eigenvalue weighted by Gasteiger charge is 2.06. The molecule has 2 aromatic rings. The number of amides is 1. The van der Waals surface area contributed by atoms with E-state index in [2.05, 4.69) is 26.5 Å². The summed E-state index contributed by atoms with van der Waals surface area (Å²) in [4.78, 5) is 11.8. The van der Waals surface area contributed by atoms with Gasteiger partial charge in [0.2, 0.25) is 0 Å². The highest BCUT2D eigenvalue weighted by Crippen LogP contribution is 2.21. The minimum Gasteiger partial charge on any atom is -0.496 e. The Balaban J connectivity index is 1.92. The highest BCUT2D eigenvalue weighted by atomic mass is 79.9. The molecule has 1 amide bonds. The first-order chi connectivity index (χ1) is 11.6. The molecule has 0 unspecified atom stereocenters. The topological polar surface area (TPSA) is 83.7 Å². The molecular formula is C17H14BrN3O3. The number of halogens is 1. The zero-order chi connectivity index (χ0) is 17.4. The second-order valence-electron chi connectivity index (χ2n) is 4.58. The number of carbonyl (C=O) groups excluding carboxylic acids is 1. The third-order valence-electron chi connectivity index (χ3n) is 2.95. The Kier molecular flexibility index (Phi) is 6.34. The third-order valence-corrected chi connectivity index (χ3v) is 3.44. The SMILES string of the molecule is COc1ccc(Br)cc1/C=N/NC(=O)COc1ccccc1C#N. The van der Waals surface area contributed by atoms with Crippen LogP contribution in [0.4, 0.5) is 0 Å². The number of hydrogen-bond acceptors (Lipinski definition) is 5. The van der Waals surface area contributed by atoms with Crippen molar-refractivity contribution < 1.29 is 14.3 Å². The fraction of sp³-hybridized carbons (Fsp3) is 0.118. The van der Waals surface area contributed by atoms with E-state index in [0.717, 1.165) is 4.47 Å². The molecule has 0 atom stereocenters. The lowest BCUT2D eigenvalue weighted by Crippen LogP contribution is -2.24. The largest absolute Gasteiger partial charge is 0.496 e. The fourth-order valence-electron chi connectivity index (χ4n) is 1.84. The summed E-state index contributed by atoms with van der Waals surface area (Å²) in [5, 5.41) is 12.8. The summed E-state index contributed by atoms with van der Waals surface area (Å²) in [6.45, 7) is -0.244. The molecule has 1 N–H and O–H groups in total. The molecular weight excluding hydrogens is 374 g/mol. The fourth-order valence-corrected chi connectivity index (χ4v) is 2.22. The van der Waals surface area contributed by atoms with Gasteiger partial charge in [-0.15, -0.1) is 0 Å². The van der Waals surface area contributed by atoms with Gasteiger partial charge in [-0.25, -0.2) is 5.43 Å². The zero-order valence-corrected chi connectivity index (χ0v) is 14.4. The minimum absolute atomic E-state index is 0.244. The number of hydrogen-bond donors (Lipinski definition) is 1. The van der Waals surface area contributed by atoms with Crippen molar-refractivity contribution in [3.8, 4) is 17.6 Å². The van der Waals surface area contributed by atoms with Crippen molar-refractivity contribution in [2.24, 2.45) is 5.10 Å². The van der Waals surface area contributed by atoms with Crippen molar-refractivity contribution in [2.75, 3.05) is 13.7 Å². The lowest BCUT2D eigenvalue weighted by molar-refractivity contribution is -0.123. The molecule has 0 spiro atoms. The van der Waals surface area contributed by atoms with Gasteiger partial charge in [-0.3, -0.25) is 4.79 Å². The molecule has 0 aromatic heterocycles. The van der Waals surface area contributed by atoms with E-state index >= 15 is 0 Å². The summed E-state index contributed by atoms with van der Waals surface area (Å²) in [6.07, 6.45) is 1.48. The molecule has 2 rings (SSSR count). The predicted octanol–water partition coefficient (Wildman–Crippen LogP) is 2.86. The summed E-state index contributed by atoms with van der Waals surface area (Å²) in [6, 6.07) is 14.1. The number of nitrogens with one attached hydrogen (secondary N) is 1. The number of para-hydroxylation sites is 1. The second kappa shape index (κ2) is 8.70. The Labute approximate surface area is 147 Å². The lowest BCUT2D eigenvalue weighted by atomic mass is 10.2. The molecule has 0 aliphatic carbocycles. The van der Waals surface area contributed by atoms with E-state index in [1.807, 2.05) is 18.2 Å². The first kappa shape index (κ1) is 17.5. The van der Waals surface area contributed by atoms with E-state index in [0.29, 0.717) is 22.6 Å². The van der Waals surface area contributed by atoms with Gasteiger partial charge in [-0.1, -0.05) is 28.1 Å². The molecule has 0 bridgehead atoms. The van der Waals surface area contributed by atoms with Gasteiger partial charge < -0.3 is 9.47 Å². The number of ether oxygens (including phenoxy) is 2. The molecule has 0 aliphatic rings. The first-order valence-corrected chi connectivity index (χ1v) is 7.70. The first-order valence-electron chi connectivity index (χ1n) is 6.91. The quantitative estimate of drug-likeness (QED) is 0.609. The van der Waals surface area contributed by atoms with Gasteiger partial charge in [-0.05, 0) is 30.3 Å². The Morgan fingerprint density at radius 2 is 2.12 bits per heavy atom. The number of hydrazone groups is 1. The van der Waals surface area contributed by atoms with E-state index in [1.165, 1.54) is 6.21 Å². The molecule has 24 heavy (non-hydrogen) atoms. The van der Waals surface area contributed by atoms with E-state index in [4.69, 9.17) is 14.7 Å². The molecule has 0 heterocycles. The summed E-state index contributed by atoms with van der Waals surface area (Å²) in [7, 11) is 1.56. The number of nitrogens with zero attached hydrogens (tertiary/aromatic N) is 2. The molecule has 0 saturated carbocycles. The zero-order valence-electron chi connectivity index (χ0n) is 12.8. The van der Waals surface area contributed by atoms with Crippen molar-refractivity contribution >= 4 is 28.1 Å². The smallest absolute Gasteiger partial charge is 0.277 e. The molecule has 0 aliphatic heterocycles. The molecule has 122 valence electrons. The maximum atomic E-state index is 11.8. The summed E-state index contributed by atoms with van der Waals surface area (Å²) in [5.74, 6) is 0.552. The number of carbonyl (C=O) groups is 1. The number of benzene rings is 2. The van der Waals surface area contributed by atoms with Crippen molar-refractivity contribution in [3.05, 3.63) is 58.1 Å². The predicted molar refractivity (Wildman–Crippen MR) is 93.1 cm³/mol. The molecule has 0 radical (unpaired) electrons. The van der Waals surface area contributed by atoms with Gasteiger partial charge in [0.15, 0.2) is 6.61 Å². The normalized spacial score (nSPS) is 10.2. The summed E-state index contributed by atoms with van der Waals surface area (Å²) >= 11 is 3.36. The molecule has 7 heteroatoms. The molecule has 0 saturated heterocycles. The summed E-state index contributed by atoms with van der Waals surface area (Å²) in [5.41, 5.74) is 3.44. The Morgan fingerprint density at radius 3 is 2.88 bits per heavy atom. The van der Waals surface area contributed by atoms with Crippen LogP contribution in [0.5, 0.6) is 11.5 Å². The highest BCUT2D eigenvalue weighted by molar-refractivity contribution is 9.10. The van der Waals surface area contributed by atoms with Crippen LogP contribution in [-0.4, -0.2) is 25.8 Å². The van der Waals surface area contributed by atoms with Crippen LogP contribution in [0.1, 0.15) is 11.1 Å². The van der Waals surface area contributed by atoms with E-state index in [9.17, 15) is 4.79 Å². The number of nitriles is 1. The average Bonchev–Trinajstić information content (AvgIpc) is 2.60. The maximum Gasteiger partial charge on any atom is 0.277 e. The Morgan fingerprint density at radius 1 is 1.33 bits per heavy atom. The molecule has 0 fully saturated rings. The van der Waals surface area contributed by atoms with Crippen LogP contribution in [0.25, 0.3) is 0 Å². The monoisotopic (exact) mass is 387 g/mol. The second-order valence-corrected chi connectivity index (χ2v) is 5.49. The van der Waals surface area contributed by atoms with Gasteiger partial charge in [0.1, 0.15) is 17.6 Å². The van der Waals surface area contributed by atoms with Gasteiger partial charge in [0.25, 0.3) is 5.91 Å². The van der Waals surface area contributed by atoms with E-state index < -0.39 is 5.91 Å². The van der Waals surface area contributed by atoms with Crippen LogP contribution >= 0.6 is 15.9 Å². The van der Waals surface area contributed by atoms with Crippen LogP contribution in [0.2, 0.25) is 0 Å². The van der Waals surface area contributed by atoms with Gasteiger partial charge in [0, 0.05) is 10.0 Å². The van der Waals surface area contributed by atoms with Crippen molar-refractivity contribution in [3.63, 3.8) is 0 Å². The minimum atomic E-state index is -0.437. The third kappa shape index (κ3) is 4.83. The van der Waals surface area contributed by atoms with Crippen molar-refractivity contribution in [1.82, 2.24) is 5.43 Å². The van der Waals surface area contributed by atoms with Crippen LogP contribution in [0.15, 0.2) is 52.0 Å². The van der Waals surface area contributed by atoms with Crippen LogP contribution < -0.4 is 14.9 Å². The van der Waals surface area contributed by atoms with Crippen LogP contribution in [0, 0.1) is 11.3 Å². The number of methoxy groups -OCH3 is 1. The van der Waals surface area contributed by atoms with Crippen molar-refractivity contribution in [1.29, 1.82) is 5.26 Å². The molecule has 2 aromatic carbocycles. The number of rotatable bonds is 6.